The third-order valence-electron chi connectivity index (χ3n) is 4.04. The Morgan fingerprint density at radius 1 is 1.10 bits per heavy atom. The average molecular weight is 335 g/mol. The summed E-state index contributed by atoms with van der Waals surface area (Å²) in [6, 6.07) is 4.84. The van der Waals surface area contributed by atoms with Gasteiger partial charge in [-0.15, -0.1) is 0 Å². The minimum Gasteiger partial charge on any atom is -0.315 e. The van der Waals surface area contributed by atoms with Gasteiger partial charge >= 0.3 is 0 Å². The Hall–Kier alpha value is -0.330. The van der Waals surface area contributed by atoms with Gasteiger partial charge in [-0.25, -0.2) is 8.42 Å². The number of hydrogen-bond donors (Lipinski definition) is 1. The fraction of sp³-hybridized carbons (Fsp3) is 0.538. The monoisotopic (exact) mass is 334 g/mol. The largest absolute Gasteiger partial charge is 0.315 e. The van der Waals surface area contributed by atoms with Crippen LogP contribution in [-0.2, 0) is 10.0 Å². The molecule has 2 saturated heterocycles. The van der Waals surface area contributed by atoms with E-state index >= 15 is 0 Å². The van der Waals surface area contributed by atoms with Crippen molar-refractivity contribution in [2.24, 2.45) is 0 Å². The summed E-state index contributed by atoms with van der Waals surface area (Å²) in [7, 11) is -3.65. The minimum atomic E-state index is -3.65. The van der Waals surface area contributed by atoms with Gasteiger partial charge in [0.15, 0.2) is 0 Å². The zero-order valence-corrected chi connectivity index (χ0v) is 13.2. The van der Waals surface area contributed by atoms with Crippen LogP contribution in [0.15, 0.2) is 23.1 Å². The van der Waals surface area contributed by atoms with E-state index in [1.165, 1.54) is 0 Å². The molecule has 1 aromatic rings. The molecule has 2 aliphatic rings. The number of fused-ring (bicyclic) bond motifs is 2. The summed E-state index contributed by atoms with van der Waals surface area (Å²) >= 11 is 12.2. The Balaban J connectivity index is 2.08. The standard InChI is InChI=1S/C13H16Cl2N2O2S/c14-11-2-1-3-12(15)13(11)20(18,19)17-9-4-5-10(17)8-16-7-6-9/h1-3,9-10,16H,4-8H2. The second-order valence-corrected chi connectivity index (χ2v) is 7.86. The maximum Gasteiger partial charge on any atom is 0.246 e. The van der Waals surface area contributed by atoms with E-state index in [9.17, 15) is 8.42 Å². The number of rotatable bonds is 2. The molecule has 0 amide bonds. The molecular weight excluding hydrogens is 319 g/mol. The van der Waals surface area contributed by atoms with Crippen LogP contribution in [0.4, 0.5) is 0 Å². The zero-order valence-electron chi connectivity index (χ0n) is 10.9. The van der Waals surface area contributed by atoms with Crippen molar-refractivity contribution in [3.8, 4) is 0 Å². The molecule has 2 aliphatic heterocycles. The molecule has 4 nitrogen and oxygen atoms in total. The van der Waals surface area contributed by atoms with Gasteiger partial charge in [-0.2, -0.15) is 4.31 Å². The summed E-state index contributed by atoms with van der Waals surface area (Å²) in [5.41, 5.74) is 0. The highest BCUT2D eigenvalue weighted by molar-refractivity contribution is 7.89. The third kappa shape index (κ3) is 2.35. The summed E-state index contributed by atoms with van der Waals surface area (Å²) in [4.78, 5) is 0.0436. The molecule has 2 atom stereocenters. The van der Waals surface area contributed by atoms with Gasteiger partial charge in [0.25, 0.3) is 0 Å². The molecule has 1 aromatic carbocycles. The smallest absolute Gasteiger partial charge is 0.246 e. The Morgan fingerprint density at radius 3 is 2.45 bits per heavy atom. The van der Waals surface area contributed by atoms with E-state index < -0.39 is 10.0 Å². The second kappa shape index (κ2) is 5.46. The van der Waals surface area contributed by atoms with Crippen LogP contribution >= 0.6 is 23.2 Å². The molecule has 2 heterocycles. The summed E-state index contributed by atoms with van der Waals surface area (Å²) in [5, 5.41) is 3.67. The van der Waals surface area contributed by atoms with E-state index in [1.807, 2.05) is 0 Å². The fourth-order valence-electron chi connectivity index (χ4n) is 3.17. The maximum atomic E-state index is 13.0. The predicted molar refractivity (Wildman–Crippen MR) is 79.8 cm³/mol. The van der Waals surface area contributed by atoms with Crippen LogP contribution in [0.3, 0.4) is 0 Å². The van der Waals surface area contributed by atoms with E-state index in [2.05, 4.69) is 5.32 Å². The molecule has 20 heavy (non-hydrogen) atoms. The average Bonchev–Trinajstić information content (AvgIpc) is 2.63. The first-order chi connectivity index (χ1) is 9.51. The lowest BCUT2D eigenvalue weighted by atomic mass is 10.1. The van der Waals surface area contributed by atoms with E-state index in [1.54, 1.807) is 22.5 Å². The van der Waals surface area contributed by atoms with Crippen LogP contribution in [0.2, 0.25) is 10.0 Å². The summed E-state index contributed by atoms with van der Waals surface area (Å²) in [5.74, 6) is 0. The van der Waals surface area contributed by atoms with Gasteiger partial charge in [-0.05, 0) is 37.9 Å². The summed E-state index contributed by atoms with van der Waals surface area (Å²) < 4.78 is 27.6. The van der Waals surface area contributed by atoms with Crippen molar-refractivity contribution in [2.45, 2.75) is 36.2 Å². The van der Waals surface area contributed by atoms with Gasteiger partial charge in [0.1, 0.15) is 4.90 Å². The minimum absolute atomic E-state index is 0.000149. The fourth-order valence-corrected chi connectivity index (χ4v) is 6.16. The van der Waals surface area contributed by atoms with Gasteiger partial charge < -0.3 is 5.32 Å². The molecule has 2 unspecified atom stereocenters. The highest BCUT2D eigenvalue weighted by atomic mass is 35.5. The molecule has 0 radical (unpaired) electrons. The van der Waals surface area contributed by atoms with Crippen molar-refractivity contribution in [3.63, 3.8) is 0 Å². The molecule has 0 spiro atoms. The van der Waals surface area contributed by atoms with Crippen molar-refractivity contribution < 1.29 is 8.42 Å². The lowest BCUT2D eigenvalue weighted by molar-refractivity contribution is 0.334. The highest BCUT2D eigenvalue weighted by Crippen LogP contribution is 2.38. The normalized spacial score (nSPS) is 27.5. The molecule has 2 bridgehead atoms. The zero-order chi connectivity index (χ0) is 14.3. The Morgan fingerprint density at radius 2 is 1.75 bits per heavy atom. The number of nitrogens with one attached hydrogen (secondary N) is 1. The van der Waals surface area contributed by atoms with E-state index in [0.29, 0.717) is 6.54 Å². The predicted octanol–water partition coefficient (Wildman–Crippen LogP) is 2.51. The van der Waals surface area contributed by atoms with E-state index in [-0.39, 0.29) is 27.0 Å². The van der Waals surface area contributed by atoms with Crippen molar-refractivity contribution in [3.05, 3.63) is 28.2 Å². The van der Waals surface area contributed by atoms with Gasteiger partial charge in [-0.3, -0.25) is 0 Å². The van der Waals surface area contributed by atoms with Crippen molar-refractivity contribution in [2.75, 3.05) is 13.1 Å². The molecule has 2 fully saturated rings. The van der Waals surface area contributed by atoms with Crippen LogP contribution < -0.4 is 5.32 Å². The van der Waals surface area contributed by atoms with Crippen LogP contribution in [0.25, 0.3) is 0 Å². The molecular formula is C13H16Cl2N2O2S. The first-order valence-corrected chi connectivity index (χ1v) is 8.89. The molecule has 3 rings (SSSR count). The molecule has 0 saturated carbocycles. The molecule has 110 valence electrons. The lowest BCUT2D eigenvalue weighted by Gasteiger charge is -2.27. The van der Waals surface area contributed by atoms with Crippen LogP contribution in [0.5, 0.6) is 0 Å². The number of hydrogen-bond acceptors (Lipinski definition) is 3. The quantitative estimate of drug-likeness (QED) is 0.903. The summed E-state index contributed by atoms with van der Waals surface area (Å²) in [6.07, 6.45) is 2.63. The van der Waals surface area contributed by atoms with Crippen molar-refractivity contribution >= 4 is 33.2 Å². The number of nitrogens with zero attached hydrogens (tertiary/aromatic N) is 1. The van der Waals surface area contributed by atoms with Crippen molar-refractivity contribution in [1.29, 1.82) is 0 Å². The van der Waals surface area contributed by atoms with Gasteiger partial charge in [0.2, 0.25) is 10.0 Å². The maximum absolute atomic E-state index is 13.0. The summed E-state index contributed by atoms with van der Waals surface area (Å²) in [6.45, 7) is 1.54. The first kappa shape index (κ1) is 14.6. The Labute approximate surface area is 129 Å². The molecule has 1 N–H and O–H groups in total. The second-order valence-electron chi connectivity index (χ2n) is 5.26. The third-order valence-corrected chi connectivity index (χ3v) is 7.00. The van der Waals surface area contributed by atoms with Crippen LogP contribution in [-0.4, -0.2) is 37.9 Å². The van der Waals surface area contributed by atoms with Crippen molar-refractivity contribution in [1.82, 2.24) is 9.62 Å². The highest BCUT2D eigenvalue weighted by Gasteiger charge is 2.44. The number of halogens is 2. The van der Waals surface area contributed by atoms with Gasteiger partial charge in [0.05, 0.1) is 10.0 Å². The van der Waals surface area contributed by atoms with E-state index in [0.717, 1.165) is 25.8 Å². The Kier molecular flexibility index (Phi) is 3.99. The first-order valence-electron chi connectivity index (χ1n) is 6.70. The molecule has 0 aromatic heterocycles. The van der Waals surface area contributed by atoms with Gasteiger partial charge in [0, 0.05) is 18.6 Å². The Bertz CT molecular complexity index is 587. The lowest BCUT2D eigenvalue weighted by Crippen LogP contribution is -2.42. The number of sulfonamides is 1. The van der Waals surface area contributed by atoms with Crippen LogP contribution in [0, 0.1) is 0 Å². The number of benzene rings is 1. The molecule has 0 aliphatic carbocycles. The van der Waals surface area contributed by atoms with Crippen LogP contribution in [0.1, 0.15) is 19.3 Å². The SMILES string of the molecule is O=S(=O)(c1c(Cl)cccc1Cl)N1C2CCNCC1CC2. The topological polar surface area (TPSA) is 49.4 Å². The van der Waals surface area contributed by atoms with E-state index in [4.69, 9.17) is 23.2 Å². The molecule has 7 heteroatoms. The van der Waals surface area contributed by atoms with Gasteiger partial charge in [-0.1, -0.05) is 29.3 Å².